The van der Waals surface area contributed by atoms with Crippen LogP contribution >= 0.6 is 23.2 Å². The van der Waals surface area contributed by atoms with Crippen LogP contribution in [0.4, 0.5) is 27.1 Å². The number of nitrogens with one attached hydrogen (secondary N) is 2. The summed E-state index contributed by atoms with van der Waals surface area (Å²) in [7, 11) is 0. The van der Waals surface area contributed by atoms with Gasteiger partial charge in [0.05, 0.1) is 46.4 Å². The van der Waals surface area contributed by atoms with Crippen molar-refractivity contribution < 1.29 is 13.9 Å². The van der Waals surface area contributed by atoms with Gasteiger partial charge in [0.15, 0.2) is 0 Å². The zero-order chi connectivity index (χ0) is 23.4. The first kappa shape index (κ1) is 23.1. The van der Waals surface area contributed by atoms with Crippen LogP contribution in [0.15, 0.2) is 36.5 Å². The van der Waals surface area contributed by atoms with Crippen molar-refractivity contribution >= 4 is 62.8 Å². The molecular weight excluding hydrogens is 468 g/mol. The van der Waals surface area contributed by atoms with E-state index >= 15 is 0 Å². The van der Waals surface area contributed by atoms with Gasteiger partial charge in [-0.3, -0.25) is 9.78 Å². The van der Waals surface area contributed by atoms with Gasteiger partial charge in [0.2, 0.25) is 5.91 Å². The van der Waals surface area contributed by atoms with Crippen LogP contribution in [0.2, 0.25) is 5.02 Å². The lowest BCUT2D eigenvalue weighted by Gasteiger charge is -2.31. The Bertz CT molecular complexity index is 1240. The summed E-state index contributed by atoms with van der Waals surface area (Å²) in [6.07, 6.45) is 1.64. The van der Waals surface area contributed by atoms with Crippen LogP contribution in [0.3, 0.4) is 0 Å². The Balaban J connectivity index is 1.85. The predicted molar refractivity (Wildman–Crippen MR) is 128 cm³/mol. The van der Waals surface area contributed by atoms with Crippen LogP contribution in [-0.4, -0.2) is 43.1 Å². The molecule has 0 spiro atoms. The van der Waals surface area contributed by atoms with Gasteiger partial charge in [0.1, 0.15) is 11.9 Å². The molecule has 2 N–H and O–H groups in total. The third-order valence-electron chi connectivity index (χ3n) is 5.24. The van der Waals surface area contributed by atoms with E-state index in [1.807, 2.05) is 6.07 Å². The lowest BCUT2D eigenvalue weighted by Crippen LogP contribution is -2.36. The summed E-state index contributed by atoms with van der Waals surface area (Å²) < 4.78 is 19.1. The number of nitrogens with zero attached hydrogens (tertiary/aromatic N) is 3. The molecule has 0 saturated carbocycles. The van der Waals surface area contributed by atoms with Crippen molar-refractivity contribution in [1.29, 1.82) is 5.26 Å². The van der Waals surface area contributed by atoms with Gasteiger partial charge in [0.25, 0.3) is 0 Å². The molecule has 10 heteroatoms. The highest BCUT2D eigenvalue weighted by atomic mass is 35.5. The van der Waals surface area contributed by atoms with Crippen LogP contribution in [-0.2, 0) is 9.53 Å². The van der Waals surface area contributed by atoms with E-state index in [2.05, 4.69) is 26.6 Å². The quantitative estimate of drug-likeness (QED) is 0.473. The van der Waals surface area contributed by atoms with E-state index in [9.17, 15) is 14.4 Å². The maximum atomic E-state index is 13.6. The molecule has 0 radical (unpaired) electrons. The Morgan fingerprint density at radius 3 is 2.76 bits per heavy atom. The lowest BCUT2D eigenvalue weighted by atomic mass is 10.1. The fourth-order valence-corrected chi connectivity index (χ4v) is 3.98. The number of pyridine rings is 1. The molecular formula is C23H20Cl2FN5O2. The molecule has 1 saturated heterocycles. The number of anilines is 4. The number of nitriles is 1. The molecule has 170 valence electrons. The van der Waals surface area contributed by atoms with Gasteiger partial charge >= 0.3 is 0 Å². The summed E-state index contributed by atoms with van der Waals surface area (Å²) in [6.45, 7) is 2.48. The summed E-state index contributed by atoms with van der Waals surface area (Å²) in [5.74, 6) is -0.560. The summed E-state index contributed by atoms with van der Waals surface area (Å²) in [4.78, 5) is 19.0. The fraction of sp³-hybridized carbons (Fsp3) is 0.261. The zero-order valence-electron chi connectivity index (χ0n) is 17.5. The van der Waals surface area contributed by atoms with Crippen molar-refractivity contribution in [3.63, 3.8) is 0 Å². The van der Waals surface area contributed by atoms with Crippen LogP contribution in [0.5, 0.6) is 0 Å². The molecule has 0 aliphatic carbocycles. The minimum absolute atomic E-state index is 0.0412. The number of amides is 1. The first-order chi connectivity index (χ1) is 16.0. The molecule has 1 aliphatic rings. The third-order valence-corrected chi connectivity index (χ3v) is 5.72. The van der Waals surface area contributed by atoms with E-state index in [0.717, 1.165) is 5.69 Å². The summed E-state index contributed by atoms with van der Waals surface area (Å²) in [5.41, 5.74) is 3.29. The van der Waals surface area contributed by atoms with Gasteiger partial charge in [-0.2, -0.15) is 5.26 Å². The number of morpholine rings is 1. The molecule has 4 rings (SSSR count). The first-order valence-electron chi connectivity index (χ1n) is 10.3. The van der Waals surface area contributed by atoms with Crippen molar-refractivity contribution in [2.24, 2.45) is 0 Å². The van der Waals surface area contributed by atoms with Crippen LogP contribution in [0.25, 0.3) is 10.9 Å². The molecule has 0 unspecified atom stereocenters. The van der Waals surface area contributed by atoms with E-state index in [0.29, 0.717) is 59.8 Å². The number of aromatic nitrogens is 1. The number of alkyl halides is 1. The standard InChI is InChI=1S/C23H20Cl2FN5O2/c24-4-3-22(32)30-20-10-16-19(11-21(20)31-5-7-33-8-6-31)28-13-14(12-27)23(16)29-15-1-2-18(26)17(25)9-15/h1-2,9-11,13H,3-8H2,(H,28,29)(H,30,32). The van der Waals surface area contributed by atoms with Crippen LogP contribution < -0.4 is 15.5 Å². The van der Waals surface area contributed by atoms with E-state index in [1.54, 1.807) is 6.07 Å². The van der Waals surface area contributed by atoms with E-state index in [-0.39, 0.29) is 23.2 Å². The number of halogens is 3. The van der Waals surface area contributed by atoms with Crippen molar-refractivity contribution in [1.82, 2.24) is 4.98 Å². The Labute approximate surface area is 200 Å². The van der Waals surface area contributed by atoms with Gasteiger partial charge in [0, 0.05) is 42.7 Å². The molecule has 1 fully saturated rings. The van der Waals surface area contributed by atoms with E-state index < -0.39 is 5.82 Å². The van der Waals surface area contributed by atoms with Crippen molar-refractivity contribution in [2.45, 2.75) is 6.42 Å². The van der Waals surface area contributed by atoms with Crippen LogP contribution in [0, 0.1) is 17.1 Å². The Hall–Kier alpha value is -3.12. The number of hydrogen-bond acceptors (Lipinski definition) is 6. The van der Waals surface area contributed by atoms with Gasteiger partial charge in [-0.05, 0) is 30.3 Å². The number of hydrogen-bond donors (Lipinski definition) is 2. The first-order valence-corrected chi connectivity index (χ1v) is 11.2. The third kappa shape index (κ3) is 5.11. The average molecular weight is 488 g/mol. The summed E-state index contributed by atoms with van der Waals surface area (Å²) in [6, 6.07) is 10.0. The highest BCUT2D eigenvalue weighted by Gasteiger charge is 2.20. The Kier molecular flexibility index (Phi) is 7.14. The minimum Gasteiger partial charge on any atom is -0.378 e. The second-order valence-corrected chi connectivity index (χ2v) is 8.17. The smallest absolute Gasteiger partial charge is 0.225 e. The van der Waals surface area contributed by atoms with Crippen molar-refractivity contribution in [3.05, 3.63) is 52.9 Å². The van der Waals surface area contributed by atoms with Gasteiger partial charge < -0.3 is 20.3 Å². The largest absolute Gasteiger partial charge is 0.378 e. The van der Waals surface area contributed by atoms with E-state index in [4.69, 9.17) is 27.9 Å². The summed E-state index contributed by atoms with van der Waals surface area (Å²) in [5, 5.41) is 16.3. The Morgan fingerprint density at radius 2 is 2.06 bits per heavy atom. The molecule has 0 atom stereocenters. The number of ether oxygens (including phenoxy) is 1. The van der Waals surface area contributed by atoms with Crippen molar-refractivity contribution in [3.8, 4) is 6.07 Å². The SMILES string of the molecule is N#Cc1cnc2cc(N3CCOCC3)c(NC(=O)CCCl)cc2c1Nc1ccc(F)c(Cl)c1. The monoisotopic (exact) mass is 487 g/mol. The second-order valence-electron chi connectivity index (χ2n) is 7.39. The molecule has 1 amide bonds. The predicted octanol–water partition coefficient (Wildman–Crippen LogP) is 5.05. The molecule has 1 aliphatic heterocycles. The van der Waals surface area contributed by atoms with E-state index in [1.165, 1.54) is 24.4 Å². The minimum atomic E-state index is -0.540. The molecule has 0 bridgehead atoms. The second kappa shape index (κ2) is 10.2. The topological polar surface area (TPSA) is 90.3 Å². The Morgan fingerprint density at radius 1 is 1.27 bits per heavy atom. The highest BCUT2D eigenvalue weighted by Crippen LogP contribution is 2.37. The lowest BCUT2D eigenvalue weighted by molar-refractivity contribution is -0.115. The van der Waals surface area contributed by atoms with Gasteiger partial charge in [-0.15, -0.1) is 11.6 Å². The molecule has 33 heavy (non-hydrogen) atoms. The zero-order valence-corrected chi connectivity index (χ0v) is 19.0. The highest BCUT2D eigenvalue weighted by molar-refractivity contribution is 6.31. The number of rotatable bonds is 6. The van der Waals surface area contributed by atoms with Crippen molar-refractivity contribution in [2.75, 3.05) is 47.7 Å². The molecule has 1 aromatic heterocycles. The summed E-state index contributed by atoms with van der Waals surface area (Å²) >= 11 is 11.7. The molecule has 2 aromatic carbocycles. The molecule has 2 heterocycles. The number of carbonyl (C=O) groups is 1. The number of carbonyl (C=O) groups excluding carboxylic acids is 1. The van der Waals surface area contributed by atoms with Crippen LogP contribution in [0.1, 0.15) is 12.0 Å². The number of benzene rings is 2. The molecule has 7 nitrogen and oxygen atoms in total. The number of fused-ring (bicyclic) bond motifs is 1. The maximum absolute atomic E-state index is 13.6. The average Bonchev–Trinajstić information content (AvgIpc) is 2.82. The maximum Gasteiger partial charge on any atom is 0.225 e. The van der Waals surface area contributed by atoms with Gasteiger partial charge in [-0.1, -0.05) is 11.6 Å². The normalized spacial score (nSPS) is 13.6. The fourth-order valence-electron chi connectivity index (χ4n) is 3.63. The van der Waals surface area contributed by atoms with Gasteiger partial charge in [-0.25, -0.2) is 4.39 Å². The molecule has 3 aromatic rings.